The van der Waals surface area contributed by atoms with Gasteiger partial charge in [-0.2, -0.15) is 5.10 Å². The SMILES string of the molecule is CC(C)(C)c1cc(C(=O)NC(CN)C2CC2)n[nH]1.Cl. The Morgan fingerprint density at radius 3 is 2.63 bits per heavy atom. The van der Waals surface area contributed by atoms with E-state index in [0.29, 0.717) is 18.2 Å². The first kappa shape index (κ1) is 16.0. The molecule has 0 bridgehead atoms. The Morgan fingerprint density at radius 1 is 1.58 bits per heavy atom. The van der Waals surface area contributed by atoms with Crippen molar-refractivity contribution in [1.29, 1.82) is 0 Å². The van der Waals surface area contributed by atoms with Gasteiger partial charge in [0, 0.05) is 23.7 Å². The molecule has 5 nitrogen and oxygen atoms in total. The number of aromatic nitrogens is 2. The summed E-state index contributed by atoms with van der Waals surface area (Å²) in [5.74, 6) is 0.420. The van der Waals surface area contributed by atoms with Crippen molar-refractivity contribution in [2.45, 2.75) is 45.1 Å². The molecule has 0 aromatic carbocycles. The molecule has 0 radical (unpaired) electrons. The second-order valence-electron chi connectivity index (χ2n) is 6.07. The lowest BCUT2D eigenvalue weighted by Crippen LogP contribution is -2.41. The summed E-state index contributed by atoms with van der Waals surface area (Å²) in [4.78, 5) is 12.0. The first-order chi connectivity index (χ1) is 8.41. The van der Waals surface area contributed by atoms with Crippen LogP contribution in [0.5, 0.6) is 0 Å². The fraction of sp³-hybridized carbons (Fsp3) is 0.692. The number of hydrogen-bond donors (Lipinski definition) is 3. The Kier molecular flexibility index (Phi) is 4.98. The standard InChI is InChI=1S/C13H22N4O.ClH/c1-13(2,3)11-6-9(16-17-11)12(18)15-10(7-14)8-4-5-8;/h6,8,10H,4-5,7,14H2,1-3H3,(H,15,18)(H,16,17);1H. The van der Waals surface area contributed by atoms with E-state index in [4.69, 9.17) is 5.73 Å². The molecule has 19 heavy (non-hydrogen) atoms. The van der Waals surface area contributed by atoms with Crippen molar-refractivity contribution in [3.8, 4) is 0 Å². The van der Waals surface area contributed by atoms with Crippen LogP contribution in [0.15, 0.2) is 6.07 Å². The van der Waals surface area contributed by atoms with Gasteiger partial charge in [-0.15, -0.1) is 12.4 Å². The van der Waals surface area contributed by atoms with E-state index in [0.717, 1.165) is 18.5 Å². The summed E-state index contributed by atoms with van der Waals surface area (Å²) in [6.45, 7) is 6.73. The summed E-state index contributed by atoms with van der Waals surface area (Å²) in [5.41, 5.74) is 7.04. The number of aromatic amines is 1. The summed E-state index contributed by atoms with van der Waals surface area (Å²) < 4.78 is 0. The van der Waals surface area contributed by atoms with Crippen LogP contribution in [0, 0.1) is 5.92 Å². The zero-order valence-electron chi connectivity index (χ0n) is 11.7. The van der Waals surface area contributed by atoms with Gasteiger partial charge in [0.05, 0.1) is 0 Å². The van der Waals surface area contributed by atoms with Crippen LogP contribution in [0.1, 0.15) is 49.8 Å². The molecule has 1 atom stereocenters. The lowest BCUT2D eigenvalue weighted by atomic mass is 9.92. The van der Waals surface area contributed by atoms with Crippen LogP contribution >= 0.6 is 12.4 Å². The quantitative estimate of drug-likeness (QED) is 0.786. The van der Waals surface area contributed by atoms with Gasteiger partial charge in [0.1, 0.15) is 5.69 Å². The Hall–Kier alpha value is -1.07. The number of H-pyrrole nitrogens is 1. The van der Waals surface area contributed by atoms with Crippen LogP contribution in [-0.2, 0) is 5.41 Å². The van der Waals surface area contributed by atoms with Crippen LogP contribution in [0.25, 0.3) is 0 Å². The molecule has 1 aromatic rings. The molecule has 0 spiro atoms. The number of nitrogens with one attached hydrogen (secondary N) is 2. The highest BCUT2D eigenvalue weighted by Crippen LogP contribution is 2.32. The van der Waals surface area contributed by atoms with E-state index < -0.39 is 0 Å². The molecule has 1 heterocycles. The van der Waals surface area contributed by atoms with E-state index in [-0.39, 0.29) is 29.8 Å². The Labute approximate surface area is 120 Å². The fourth-order valence-electron chi connectivity index (χ4n) is 1.93. The lowest BCUT2D eigenvalue weighted by Gasteiger charge is -2.15. The van der Waals surface area contributed by atoms with Crippen molar-refractivity contribution in [2.24, 2.45) is 11.7 Å². The maximum atomic E-state index is 12.0. The van der Waals surface area contributed by atoms with E-state index in [1.807, 2.05) is 6.07 Å². The van der Waals surface area contributed by atoms with Crippen LogP contribution in [0.4, 0.5) is 0 Å². The van der Waals surface area contributed by atoms with E-state index >= 15 is 0 Å². The van der Waals surface area contributed by atoms with Crippen LogP contribution < -0.4 is 11.1 Å². The van der Waals surface area contributed by atoms with Crippen molar-refractivity contribution in [1.82, 2.24) is 15.5 Å². The molecule has 0 saturated heterocycles. The molecule has 6 heteroatoms. The third kappa shape index (κ3) is 3.94. The molecular formula is C13H23ClN4O. The minimum atomic E-state index is -0.135. The number of amides is 1. The first-order valence-electron chi connectivity index (χ1n) is 6.48. The second-order valence-corrected chi connectivity index (χ2v) is 6.07. The molecule has 1 saturated carbocycles. The van der Waals surface area contributed by atoms with Crippen LogP contribution in [0.3, 0.4) is 0 Å². The predicted molar refractivity (Wildman–Crippen MR) is 77.6 cm³/mol. The molecule has 108 valence electrons. The molecule has 1 aromatic heterocycles. The van der Waals surface area contributed by atoms with Crippen molar-refractivity contribution in [3.05, 3.63) is 17.5 Å². The Bertz CT molecular complexity index is 434. The topological polar surface area (TPSA) is 83.8 Å². The van der Waals surface area contributed by atoms with Gasteiger partial charge in [0.25, 0.3) is 5.91 Å². The predicted octanol–water partition coefficient (Wildman–Crippen LogP) is 1.60. The Morgan fingerprint density at radius 2 is 2.21 bits per heavy atom. The van der Waals surface area contributed by atoms with E-state index in [1.165, 1.54) is 0 Å². The largest absolute Gasteiger partial charge is 0.346 e. The van der Waals surface area contributed by atoms with Crippen LogP contribution in [-0.4, -0.2) is 28.7 Å². The van der Waals surface area contributed by atoms with Crippen molar-refractivity contribution in [2.75, 3.05) is 6.54 Å². The zero-order valence-corrected chi connectivity index (χ0v) is 12.5. The number of hydrogen-bond acceptors (Lipinski definition) is 3. The van der Waals surface area contributed by atoms with E-state index in [9.17, 15) is 4.79 Å². The molecule has 1 aliphatic rings. The highest BCUT2D eigenvalue weighted by atomic mass is 35.5. The molecule has 1 amide bonds. The summed E-state index contributed by atoms with van der Waals surface area (Å²) in [6.07, 6.45) is 2.33. The molecule has 0 aliphatic heterocycles. The number of nitrogens with zero attached hydrogens (tertiary/aromatic N) is 1. The average molecular weight is 287 g/mol. The van der Waals surface area contributed by atoms with Gasteiger partial charge >= 0.3 is 0 Å². The zero-order chi connectivity index (χ0) is 13.3. The molecule has 2 rings (SSSR count). The summed E-state index contributed by atoms with van der Waals surface area (Å²) in [7, 11) is 0. The second kappa shape index (κ2) is 5.92. The van der Waals surface area contributed by atoms with E-state index in [1.54, 1.807) is 0 Å². The van der Waals surface area contributed by atoms with E-state index in [2.05, 4.69) is 36.3 Å². The van der Waals surface area contributed by atoms with Gasteiger partial charge in [0.15, 0.2) is 0 Å². The van der Waals surface area contributed by atoms with Gasteiger partial charge < -0.3 is 11.1 Å². The Balaban J connectivity index is 0.00000180. The molecule has 4 N–H and O–H groups in total. The van der Waals surface area contributed by atoms with Gasteiger partial charge in [-0.3, -0.25) is 9.89 Å². The summed E-state index contributed by atoms with van der Waals surface area (Å²) in [6, 6.07) is 1.91. The average Bonchev–Trinajstić information content (AvgIpc) is 2.99. The maximum Gasteiger partial charge on any atom is 0.272 e. The van der Waals surface area contributed by atoms with Crippen molar-refractivity contribution < 1.29 is 4.79 Å². The van der Waals surface area contributed by atoms with Crippen molar-refractivity contribution in [3.63, 3.8) is 0 Å². The number of rotatable bonds is 4. The molecular weight excluding hydrogens is 264 g/mol. The van der Waals surface area contributed by atoms with Gasteiger partial charge in [-0.25, -0.2) is 0 Å². The van der Waals surface area contributed by atoms with Gasteiger partial charge in [-0.1, -0.05) is 20.8 Å². The molecule has 1 unspecified atom stereocenters. The highest BCUT2D eigenvalue weighted by molar-refractivity contribution is 5.92. The van der Waals surface area contributed by atoms with Gasteiger partial charge in [0.2, 0.25) is 0 Å². The lowest BCUT2D eigenvalue weighted by molar-refractivity contribution is 0.0928. The van der Waals surface area contributed by atoms with Gasteiger partial charge in [-0.05, 0) is 24.8 Å². The summed E-state index contributed by atoms with van der Waals surface area (Å²) in [5, 5.41) is 9.96. The highest BCUT2D eigenvalue weighted by Gasteiger charge is 2.32. The normalized spacial score (nSPS) is 16.6. The van der Waals surface area contributed by atoms with Crippen molar-refractivity contribution >= 4 is 18.3 Å². The monoisotopic (exact) mass is 286 g/mol. The van der Waals surface area contributed by atoms with Crippen LogP contribution in [0.2, 0.25) is 0 Å². The summed E-state index contributed by atoms with van der Waals surface area (Å²) >= 11 is 0. The number of nitrogens with two attached hydrogens (primary N) is 1. The minimum absolute atomic E-state index is 0. The number of halogens is 1. The minimum Gasteiger partial charge on any atom is -0.346 e. The maximum absolute atomic E-state index is 12.0. The number of carbonyl (C=O) groups excluding carboxylic acids is 1. The molecule has 1 fully saturated rings. The smallest absolute Gasteiger partial charge is 0.272 e. The fourth-order valence-corrected chi connectivity index (χ4v) is 1.93. The third-order valence-electron chi connectivity index (χ3n) is 3.38. The number of carbonyl (C=O) groups is 1. The first-order valence-corrected chi connectivity index (χ1v) is 6.48. The molecule has 1 aliphatic carbocycles. The third-order valence-corrected chi connectivity index (χ3v) is 3.38.